The molecule has 134 valence electrons. The summed E-state index contributed by atoms with van der Waals surface area (Å²) >= 11 is 0.704. The summed E-state index contributed by atoms with van der Waals surface area (Å²) in [6, 6.07) is 0. The van der Waals surface area contributed by atoms with Crippen molar-refractivity contribution in [3.05, 3.63) is 10.4 Å². The van der Waals surface area contributed by atoms with Crippen molar-refractivity contribution >= 4 is 38.7 Å². The largest absolute Gasteiger partial charge is 0.396 e. The molecule has 0 atom stereocenters. The minimum atomic E-state index is -3.92. The van der Waals surface area contributed by atoms with E-state index in [-0.39, 0.29) is 52.4 Å². The number of anilines is 1. The van der Waals surface area contributed by atoms with Crippen LogP contribution < -0.4 is 11.5 Å². The van der Waals surface area contributed by atoms with Crippen molar-refractivity contribution in [3.63, 3.8) is 0 Å². The van der Waals surface area contributed by atoms with Crippen LogP contribution >= 0.6 is 11.3 Å². The average molecular weight is 375 g/mol. The number of nitrogens with two attached hydrogens (primary N) is 2. The van der Waals surface area contributed by atoms with Crippen LogP contribution in [0.15, 0.2) is 4.21 Å². The Morgan fingerprint density at radius 1 is 1.21 bits per heavy atom. The van der Waals surface area contributed by atoms with Crippen molar-refractivity contribution in [3.8, 4) is 0 Å². The maximum absolute atomic E-state index is 12.8. The summed E-state index contributed by atoms with van der Waals surface area (Å²) in [5, 5.41) is 0. The summed E-state index contributed by atoms with van der Waals surface area (Å²) in [6.07, 6.45) is 0. The van der Waals surface area contributed by atoms with Crippen LogP contribution in [0.4, 0.5) is 5.69 Å². The van der Waals surface area contributed by atoms with Gasteiger partial charge < -0.3 is 16.2 Å². The van der Waals surface area contributed by atoms with Gasteiger partial charge >= 0.3 is 0 Å². The van der Waals surface area contributed by atoms with Crippen LogP contribution in [0.2, 0.25) is 0 Å². The minimum absolute atomic E-state index is 0.0145. The summed E-state index contributed by atoms with van der Waals surface area (Å²) in [7, 11) is -3.92. The third-order valence-electron chi connectivity index (χ3n) is 3.59. The number of carbonyl (C=O) groups excluding carboxylic acids is 2. The first-order chi connectivity index (χ1) is 11.0. The molecule has 10 heteroatoms. The van der Waals surface area contributed by atoms with Crippen molar-refractivity contribution < 1.29 is 22.7 Å². The first-order valence-electron chi connectivity index (χ1n) is 7.32. The predicted octanol–water partition coefficient (Wildman–Crippen LogP) is 0.679. The first kappa shape index (κ1) is 18.8. The Balaban J connectivity index is 2.60. The van der Waals surface area contributed by atoms with Gasteiger partial charge in [-0.3, -0.25) is 9.59 Å². The molecule has 0 unspecified atom stereocenters. The standard InChI is InChI=1S/C14H21N3O5S2/c1-14(2,3)11(18)10-8(12(16)19)9(15)13(23-10)24(20,21)17-4-6-22-7-5-17/h4-7,15H2,1-3H3,(H2,16,19). The lowest BCUT2D eigenvalue weighted by atomic mass is 9.88. The normalized spacial score (nSPS) is 17.0. The van der Waals surface area contributed by atoms with E-state index < -0.39 is 21.3 Å². The monoisotopic (exact) mass is 375 g/mol. The van der Waals surface area contributed by atoms with Crippen molar-refractivity contribution in [1.29, 1.82) is 0 Å². The lowest BCUT2D eigenvalue weighted by Gasteiger charge is -2.25. The zero-order valence-electron chi connectivity index (χ0n) is 13.8. The molecule has 0 bridgehead atoms. The summed E-state index contributed by atoms with van der Waals surface area (Å²) in [6.45, 7) is 5.95. The predicted molar refractivity (Wildman–Crippen MR) is 90.6 cm³/mol. The number of morpholine rings is 1. The Hall–Kier alpha value is -1.49. The Labute approximate surface area is 144 Å². The average Bonchev–Trinajstić information content (AvgIpc) is 2.84. The fraction of sp³-hybridized carbons (Fsp3) is 0.571. The number of thiophene rings is 1. The molecule has 1 aliphatic heterocycles. The van der Waals surface area contributed by atoms with Crippen molar-refractivity contribution in [2.75, 3.05) is 32.0 Å². The second kappa shape index (κ2) is 6.43. The van der Waals surface area contributed by atoms with E-state index in [1.54, 1.807) is 20.8 Å². The Morgan fingerprint density at radius 2 is 1.75 bits per heavy atom. The van der Waals surface area contributed by atoms with E-state index in [0.29, 0.717) is 11.3 Å². The Bertz CT molecular complexity index is 771. The van der Waals surface area contributed by atoms with E-state index in [4.69, 9.17) is 16.2 Å². The van der Waals surface area contributed by atoms with Crippen LogP contribution in [0.3, 0.4) is 0 Å². The van der Waals surface area contributed by atoms with Gasteiger partial charge in [-0.25, -0.2) is 8.42 Å². The van der Waals surface area contributed by atoms with Crippen LogP contribution in [-0.4, -0.2) is 50.7 Å². The second-order valence-electron chi connectivity index (χ2n) is 6.47. The topological polar surface area (TPSA) is 133 Å². The molecule has 8 nitrogen and oxygen atoms in total. The summed E-state index contributed by atoms with van der Waals surface area (Å²) in [5.74, 6) is -1.30. The van der Waals surface area contributed by atoms with E-state index in [9.17, 15) is 18.0 Å². The van der Waals surface area contributed by atoms with E-state index in [1.807, 2.05) is 0 Å². The number of hydrogen-bond acceptors (Lipinski definition) is 7. The number of sulfonamides is 1. The first-order valence-corrected chi connectivity index (χ1v) is 9.58. The van der Waals surface area contributed by atoms with Crippen LogP contribution in [-0.2, 0) is 14.8 Å². The highest BCUT2D eigenvalue weighted by Crippen LogP contribution is 2.39. The van der Waals surface area contributed by atoms with E-state index in [0.717, 1.165) is 0 Å². The highest BCUT2D eigenvalue weighted by molar-refractivity contribution is 7.91. The lowest BCUT2D eigenvalue weighted by molar-refractivity contribution is 0.0731. The Kier molecular flexibility index (Phi) is 5.05. The number of ketones is 1. The number of nitrogens with zero attached hydrogens (tertiary/aromatic N) is 1. The van der Waals surface area contributed by atoms with Crippen molar-refractivity contribution in [2.45, 2.75) is 25.0 Å². The van der Waals surface area contributed by atoms with E-state index >= 15 is 0 Å². The highest BCUT2D eigenvalue weighted by Gasteiger charge is 2.37. The highest BCUT2D eigenvalue weighted by atomic mass is 32.2. The molecule has 2 heterocycles. The molecule has 24 heavy (non-hydrogen) atoms. The lowest BCUT2D eigenvalue weighted by Crippen LogP contribution is -2.40. The smallest absolute Gasteiger partial charge is 0.254 e. The van der Waals surface area contributed by atoms with Gasteiger partial charge in [-0.05, 0) is 0 Å². The number of hydrogen-bond donors (Lipinski definition) is 2. The zero-order chi connectivity index (χ0) is 18.3. The number of amides is 1. The summed E-state index contributed by atoms with van der Waals surface area (Å²) in [5.41, 5.74) is 9.96. The molecule has 0 spiro atoms. The third-order valence-corrected chi connectivity index (χ3v) is 7.20. The molecule has 1 fully saturated rings. The summed E-state index contributed by atoms with van der Waals surface area (Å²) < 4.78 is 31.8. The molecule has 2 rings (SSSR count). The fourth-order valence-electron chi connectivity index (χ4n) is 2.26. The number of primary amides is 1. The molecule has 1 aromatic rings. The van der Waals surface area contributed by atoms with Gasteiger partial charge in [-0.2, -0.15) is 4.31 Å². The van der Waals surface area contributed by atoms with Gasteiger partial charge in [0.2, 0.25) is 0 Å². The van der Waals surface area contributed by atoms with Gasteiger partial charge in [0.25, 0.3) is 15.9 Å². The molecule has 0 aromatic carbocycles. The molecule has 1 amide bonds. The molecular formula is C14H21N3O5S2. The molecule has 1 aliphatic rings. The number of rotatable bonds is 4. The molecule has 0 saturated carbocycles. The van der Waals surface area contributed by atoms with E-state index in [2.05, 4.69) is 0 Å². The van der Waals surface area contributed by atoms with Crippen LogP contribution in [0, 0.1) is 5.41 Å². The molecule has 4 N–H and O–H groups in total. The molecular weight excluding hydrogens is 354 g/mol. The maximum Gasteiger partial charge on any atom is 0.254 e. The third kappa shape index (κ3) is 3.32. The van der Waals surface area contributed by atoms with Crippen LogP contribution in [0.5, 0.6) is 0 Å². The fourth-order valence-corrected chi connectivity index (χ4v) is 5.60. The SMILES string of the molecule is CC(C)(C)C(=O)c1sc(S(=O)(=O)N2CCOCC2)c(N)c1C(N)=O. The number of nitrogen functional groups attached to an aromatic ring is 1. The number of carbonyl (C=O) groups is 2. The molecule has 1 aromatic heterocycles. The Morgan fingerprint density at radius 3 is 2.21 bits per heavy atom. The van der Waals surface area contributed by atoms with Crippen LogP contribution in [0.25, 0.3) is 0 Å². The molecule has 0 radical (unpaired) electrons. The quantitative estimate of drug-likeness (QED) is 0.744. The van der Waals surface area contributed by atoms with E-state index in [1.165, 1.54) is 4.31 Å². The minimum Gasteiger partial charge on any atom is -0.396 e. The van der Waals surface area contributed by atoms with Gasteiger partial charge in [0.1, 0.15) is 0 Å². The van der Waals surface area contributed by atoms with Crippen molar-refractivity contribution in [1.82, 2.24) is 4.31 Å². The van der Waals surface area contributed by atoms with Gasteiger partial charge in [0.05, 0.1) is 29.3 Å². The molecule has 1 saturated heterocycles. The maximum atomic E-state index is 12.8. The second-order valence-corrected chi connectivity index (χ2v) is 9.62. The molecule has 0 aliphatic carbocycles. The summed E-state index contributed by atoms with van der Waals surface area (Å²) in [4.78, 5) is 24.3. The van der Waals surface area contributed by atoms with Gasteiger partial charge in [0.15, 0.2) is 9.99 Å². The van der Waals surface area contributed by atoms with Gasteiger partial charge in [-0.15, -0.1) is 11.3 Å². The van der Waals surface area contributed by atoms with Gasteiger partial charge in [-0.1, -0.05) is 20.8 Å². The zero-order valence-corrected chi connectivity index (χ0v) is 15.4. The number of Topliss-reactive ketones (excluding diaryl/α,β-unsaturated/α-hetero) is 1. The van der Waals surface area contributed by atoms with Gasteiger partial charge in [0, 0.05) is 18.5 Å². The number of ether oxygens (including phenoxy) is 1. The van der Waals surface area contributed by atoms with Crippen molar-refractivity contribution in [2.24, 2.45) is 11.1 Å². The van der Waals surface area contributed by atoms with Crippen LogP contribution in [0.1, 0.15) is 40.8 Å².